The molecule has 0 saturated heterocycles. The number of carbonyl (C=O) groups is 3. The molecule has 1 N–H and O–H groups in total. The topological polar surface area (TPSA) is 94.2 Å². The number of rotatable bonds is 7. The number of anilines is 1. The van der Waals surface area contributed by atoms with Gasteiger partial charge in [-0.1, -0.05) is 23.8 Å². The number of aryl methyl sites for hydroxylation is 1. The highest BCUT2D eigenvalue weighted by Gasteiger charge is 2.15. The molecule has 3 rings (SSSR count). The van der Waals surface area contributed by atoms with E-state index in [1.54, 1.807) is 36.4 Å². The first-order chi connectivity index (χ1) is 14.4. The van der Waals surface area contributed by atoms with Crippen molar-refractivity contribution in [3.05, 3.63) is 59.7 Å². The van der Waals surface area contributed by atoms with Crippen LogP contribution in [0.5, 0.6) is 11.5 Å². The molecule has 1 heterocycles. The monoisotopic (exact) mass is 410 g/mol. The molecule has 8 nitrogen and oxygen atoms in total. The van der Waals surface area contributed by atoms with Crippen molar-refractivity contribution in [2.24, 2.45) is 0 Å². The van der Waals surface area contributed by atoms with E-state index < -0.39 is 18.5 Å². The van der Waals surface area contributed by atoms with Crippen LogP contribution in [0.25, 0.3) is 6.08 Å². The molecule has 0 saturated carbocycles. The Balaban J connectivity index is 1.42. The lowest BCUT2D eigenvalue weighted by Crippen LogP contribution is -2.37. The van der Waals surface area contributed by atoms with Gasteiger partial charge in [-0.25, -0.2) is 4.79 Å². The Hall–Kier alpha value is -3.81. The zero-order chi connectivity index (χ0) is 21.5. The van der Waals surface area contributed by atoms with Gasteiger partial charge in [-0.3, -0.25) is 9.59 Å². The summed E-state index contributed by atoms with van der Waals surface area (Å²) in [5.41, 5.74) is 2.45. The van der Waals surface area contributed by atoms with Crippen molar-refractivity contribution in [3.8, 4) is 11.5 Å². The second kappa shape index (κ2) is 9.60. The van der Waals surface area contributed by atoms with Crippen LogP contribution in [0.4, 0.5) is 5.69 Å². The first-order valence-corrected chi connectivity index (χ1v) is 9.26. The molecule has 0 spiro atoms. The Morgan fingerprint density at radius 1 is 1.10 bits per heavy atom. The quantitative estimate of drug-likeness (QED) is 0.556. The first kappa shape index (κ1) is 20.9. The molecule has 30 heavy (non-hydrogen) atoms. The van der Waals surface area contributed by atoms with Crippen molar-refractivity contribution in [1.82, 2.24) is 4.90 Å². The second-order valence-electron chi connectivity index (χ2n) is 6.72. The summed E-state index contributed by atoms with van der Waals surface area (Å²) in [6.07, 6.45) is 2.77. The lowest BCUT2D eigenvalue weighted by Gasteiger charge is -2.16. The van der Waals surface area contributed by atoms with Crippen molar-refractivity contribution in [2.45, 2.75) is 6.92 Å². The molecular formula is C22H22N2O6. The van der Waals surface area contributed by atoms with E-state index in [0.717, 1.165) is 11.1 Å². The molecule has 0 fully saturated rings. The fraction of sp³-hybridized carbons (Fsp3) is 0.227. The number of amides is 2. The number of benzene rings is 2. The molecule has 0 bridgehead atoms. The summed E-state index contributed by atoms with van der Waals surface area (Å²) in [5, 5.41) is 2.71. The van der Waals surface area contributed by atoms with Crippen molar-refractivity contribution in [1.29, 1.82) is 0 Å². The zero-order valence-corrected chi connectivity index (χ0v) is 16.7. The Morgan fingerprint density at radius 2 is 1.83 bits per heavy atom. The largest absolute Gasteiger partial charge is 0.454 e. The highest BCUT2D eigenvalue weighted by Crippen LogP contribution is 2.32. The van der Waals surface area contributed by atoms with Gasteiger partial charge >= 0.3 is 5.97 Å². The number of likely N-dealkylation sites (N-methyl/N-ethyl adjacent to an activating group) is 1. The van der Waals surface area contributed by atoms with E-state index in [0.29, 0.717) is 17.2 Å². The van der Waals surface area contributed by atoms with Crippen molar-refractivity contribution in [2.75, 3.05) is 32.3 Å². The van der Waals surface area contributed by atoms with E-state index in [9.17, 15) is 14.4 Å². The van der Waals surface area contributed by atoms with Gasteiger partial charge in [0.25, 0.3) is 5.91 Å². The Morgan fingerprint density at radius 3 is 2.60 bits per heavy atom. The molecule has 0 unspecified atom stereocenters. The lowest BCUT2D eigenvalue weighted by atomic mass is 10.2. The fourth-order valence-corrected chi connectivity index (χ4v) is 2.61. The Bertz CT molecular complexity index is 968. The summed E-state index contributed by atoms with van der Waals surface area (Å²) in [5.74, 6) is -0.248. The number of ether oxygens (including phenoxy) is 3. The minimum atomic E-state index is -0.668. The molecule has 2 aromatic rings. The van der Waals surface area contributed by atoms with E-state index in [-0.39, 0.29) is 19.2 Å². The average Bonchev–Trinajstić information content (AvgIpc) is 3.20. The van der Waals surface area contributed by atoms with E-state index >= 15 is 0 Å². The molecule has 156 valence electrons. The Kier molecular flexibility index (Phi) is 6.69. The average molecular weight is 410 g/mol. The van der Waals surface area contributed by atoms with Gasteiger partial charge < -0.3 is 24.4 Å². The smallest absolute Gasteiger partial charge is 0.331 e. The van der Waals surface area contributed by atoms with Gasteiger partial charge in [0.05, 0.1) is 6.54 Å². The van der Waals surface area contributed by atoms with Gasteiger partial charge in [0.1, 0.15) is 0 Å². The van der Waals surface area contributed by atoms with E-state index in [1.165, 1.54) is 18.0 Å². The number of esters is 1. The molecule has 0 aromatic heterocycles. The highest BCUT2D eigenvalue weighted by molar-refractivity contribution is 5.95. The van der Waals surface area contributed by atoms with Gasteiger partial charge in [0, 0.05) is 18.8 Å². The van der Waals surface area contributed by atoms with Crippen molar-refractivity contribution < 1.29 is 28.6 Å². The van der Waals surface area contributed by atoms with E-state index in [4.69, 9.17) is 14.2 Å². The van der Waals surface area contributed by atoms with Gasteiger partial charge in [0.2, 0.25) is 12.7 Å². The predicted octanol–water partition coefficient (Wildman–Crippen LogP) is 2.38. The number of hydrogen-bond donors (Lipinski definition) is 1. The number of carbonyl (C=O) groups excluding carboxylic acids is 3. The van der Waals surface area contributed by atoms with Crippen molar-refractivity contribution in [3.63, 3.8) is 0 Å². The summed E-state index contributed by atoms with van der Waals surface area (Å²) in [6, 6.07) is 12.6. The number of hydrogen-bond acceptors (Lipinski definition) is 6. The molecule has 1 aliphatic heterocycles. The maximum absolute atomic E-state index is 12.1. The summed E-state index contributed by atoms with van der Waals surface area (Å²) in [7, 11) is 1.47. The molecule has 0 atom stereocenters. The normalized spacial score (nSPS) is 11.9. The van der Waals surface area contributed by atoms with E-state index in [2.05, 4.69) is 5.32 Å². The van der Waals surface area contributed by atoms with Gasteiger partial charge in [-0.15, -0.1) is 0 Å². The molecule has 8 heteroatoms. The third-order valence-corrected chi connectivity index (χ3v) is 4.29. The minimum Gasteiger partial charge on any atom is -0.454 e. The Labute approximate surface area is 174 Å². The molecule has 2 amide bonds. The van der Waals surface area contributed by atoms with Crippen LogP contribution >= 0.6 is 0 Å². The number of nitrogens with zero attached hydrogens (tertiary/aromatic N) is 1. The van der Waals surface area contributed by atoms with Crippen LogP contribution < -0.4 is 14.8 Å². The van der Waals surface area contributed by atoms with Gasteiger partial charge in [0.15, 0.2) is 18.1 Å². The molecular weight excluding hydrogens is 388 g/mol. The molecule has 0 radical (unpaired) electrons. The fourth-order valence-electron chi connectivity index (χ4n) is 2.61. The molecule has 0 aliphatic carbocycles. The summed E-state index contributed by atoms with van der Waals surface area (Å²) in [4.78, 5) is 37.2. The minimum absolute atomic E-state index is 0.155. The molecule has 1 aliphatic rings. The van der Waals surface area contributed by atoms with Crippen LogP contribution in [0, 0.1) is 6.92 Å². The zero-order valence-electron chi connectivity index (χ0n) is 16.7. The standard InChI is InChI=1S/C22H22N2O6/c1-15-3-7-17(8-4-15)23-20(25)12-24(2)21(26)13-28-22(27)10-6-16-5-9-18-19(11-16)30-14-29-18/h3-11H,12-14H2,1-2H3,(H,23,25)/b10-6+. The maximum Gasteiger partial charge on any atom is 0.331 e. The van der Waals surface area contributed by atoms with Gasteiger partial charge in [-0.2, -0.15) is 0 Å². The van der Waals surface area contributed by atoms with Crippen LogP contribution in [-0.4, -0.2) is 49.7 Å². The number of fused-ring (bicyclic) bond motifs is 1. The summed E-state index contributed by atoms with van der Waals surface area (Å²) < 4.78 is 15.4. The van der Waals surface area contributed by atoms with Crippen LogP contribution in [0.2, 0.25) is 0 Å². The van der Waals surface area contributed by atoms with Crippen LogP contribution in [0.1, 0.15) is 11.1 Å². The maximum atomic E-state index is 12.1. The summed E-state index contributed by atoms with van der Waals surface area (Å²) in [6.45, 7) is 1.50. The number of nitrogens with one attached hydrogen (secondary N) is 1. The third-order valence-electron chi connectivity index (χ3n) is 4.29. The van der Waals surface area contributed by atoms with E-state index in [1.807, 2.05) is 19.1 Å². The van der Waals surface area contributed by atoms with Crippen molar-refractivity contribution >= 4 is 29.5 Å². The SMILES string of the molecule is Cc1ccc(NC(=O)CN(C)C(=O)COC(=O)/C=C/c2ccc3c(c2)OCO3)cc1. The van der Waals surface area contributed by atoms with Gasteiger partial charge in [-0.05, 0) is 42.8 Å². The third kappa shape index (κ3) is 5.84. The first-order valence-electron chi connectivity index (χ1n) is 9.26. The van der Waals surface area contributed by atoms with Crippen LogP contribution in [0.15, 0.2) is 48.5 Å². The summed E-state index contributed by atoms with van der Waals surface area (Å²) >= 11 is 0. The second-order valence-corrected chi connectivity index (χ2v) is 6.72. The molecule has 2 aromatic carbocycles. The lowest BCUT2D eigenvalue weighted by molar-refractivity contribution is -0.148. The predicted molar refractivity (Wildman–Crippen MR) is 110 cm³/mol. The highest BCUT2D eigenvalue weighted by atomic mass is 16.7. The van der Waals surface area contributed by atoms with Crippen LogP contribution in [0.3, 0.4) is 0 Å². The van der Waals surface area contributed by atoms with Crippen LogP contribution in [-0.2, 0) is 19.1 Å².